The van der Waals surface area contributed by atoms with Crippen LogP contribution in [0.5, 0.6) is 5.75 Å². The Balaban J connectivity index is 2.01. The number of nitro groups is 1. The number of ether oxygens (including phenoxy) is 1. The molecule has 5 nitrogen and oxygen atoms in total. The van der Waals surface area contributed by atoms with Crippen LogP contribution in [0.4, 0.5) is 5.69 Å². The highest BCUT2D eigenvalue weighted by molar-refractivity contribution is 5.48. The normalized spacial score (nSPS) is 11.0. The zero-order valence-electron chi connectivity index (χ0n) is 17.1. The molecule has 28 heavy (non-hydrogen) atoms. The molecule has 2 aromatic carbocycles. The molecule has 2 aromatic rings. The predicted octanol–water partition coefficient (Wildman–Crippen LogP) is 5.62. The third-order valence-corrected chi connectivity index (χ3v) is 4.83. The molecule has 0 amide bonds. The van der Waals surface area contributed by atoms with E-state index in [1.807, 2.05) is 36.4 Å². The maximum Gasteiger partial charge on any atom is 0.311 e. The first-order valence-electron chi connectivity index (χ1n) is 10.3. The summed E-state index contributed by atoms with van der Waals surface area (Å²) >= 11 is 0. The highest BCUT2D eigenvalue weighted by atomic mass is 16.6. The number of nitrogens with zero attached hydrogens (tertiary/aromatic N) is 2. The van der Waals surface area contributed by atoms with Crippen molar-refractivity contribution in [3.63, 3.8) is 0 Å². The Morgan fingerprint density at radius 1 is 0.929 bits per heavy atom. The number of rotatable bonds is 13. The van der Waals surface area contributed by atoms with E-state index in [0.717, 1.165) is 37.2 Å². The molecule has 0 aliphatic heterocycles. The maximum absolute atomic E-state index is 11.5. The summed E-state index contributed by atoms with van der Waals surface area (Å²) in [6.45, 7) is 7.85. The molecule has 0 N–H and O–H groups in total. The number of hydrogen-bond donors (Lipinski definition) is 0. The smallest absolute Gasteiger partial charge is 0.311 e. The minimum Gasteiger partial charge on any atom is -0.482 e. The van der Waals surface area contributed by atoms with Gasteiger partial charge in [0.1, 0.15) is 6.61 Å². The fourth-order valence-electron chi connectivity index (χ4n) is 3.10. The zero-order chi connectivity index (χ0) is 20.2. The summed E-state index contributed by atoms with van der Waals surface area (Å²) < 4.78 is 5.72. The first kappa shape index (κ1) is 21.9. The third-order valence-electron chi connectivity index (χ3n) is 4.83. The van der Waals surface area contributed by atoms with E-state index >= 15 is 0 Å². The lowest BCUT2D eigenvalue weighted by molar-refractivity contribution is -0.386. The van der Waals surface area contributed by atoms with Gasteiger partial charge < -0.3 is 9.64 Å². The minimum atomic E-state index is -0.351. The van der Waals surface area contributed by atoms with Gasteiger partial charge in [-0.05, 0) is 49.5 Å². The largest absolute Gasteiger partial charge is 0.482 e. The molecule has 152 valence electrons. The summed E-state index contributed by atoms with van der Waals surface area (Å²) in [5, 5.41) is 11.5. The maximum atomic E-state index is 11.5. The van der Waals surface area contributed by atoms with Gasteiger partial charge in [0.25, 0.3) is 0 Å². The lowest BCUT2D eigenvalue weighted by atomic mass is 10.1. The molecule has 0 aromatic heterocycles. The molecule has 0 radical (unpaired) electrons. The van der Waals surface area contributed by atoms with Crippen molar-refractivity contribution in [2.24, 2.45) is 0 Å². The second kappa shape index (κ2) is 12.1. The van der Waals surface area contributed by atoms with Gasteiger partial charge in [-0.1, -0.05) is 63.1 Å². The summed E-state index contributed by atoms with van der Waals surface area (Å²) in [6.07, 6.45) is 5.56. The molecule has 0 aliphatic carbocycles. The molecule has 0 saturated carbocycles. The van der Waals surface area contributed by atoms with Crippen molar-refractivity contribution < 1.29 is 9.66 Å². The number of benzene rings is 2. The monoisotopic (exact) mass is 384 g/mol. The van der Waals surface area contributed by atoms with Crippen LogP contribution in [0.2, 0.25) is 0 Å². The molecule has 2 rings (SSSR count). The van der Waals surface area contributed by atoms with Crippen LogP contribution >= 0.6 is 0 Å². The van der Waals surface area contributed by atoms with E-state index in [2.05, 4.69) is 18.7 Å². The van der Waals surface area contributed by atoms with Crippen LogP contribution in [0.15, 0.2) is 48.5 Å². The molecule has 5 heteroatoms. The van der Waals surface area contributed by atoms with Gasteiger partial charge in [-0.2, -0.15) is 0 Å². The molecule has 0 heterocycles. The van der Waals surface area contributed by atoms with Crippen LogP contribution in [0.3, 0.4) is 0 Å². The molecular weight excluding hydrogens is 352 g/mol. The molecule has 0 saturated heterocycles. The fraction of sp³-hybridized carbons (Fsp3) is 0.478. The number of unbranched alkanes of at least 4 members (excludes halogenated alkanes) is 2. The fourth-order valence-corrected chi connectivity index (χ4v) is 3.10. The van der Waals surface area contributed by atoms with Crippen LogP contribution in [0.1, 0.15) is 50.7 Å². The Morgan fingerprint density at radius 2 is 1.61 bits per heavy atom. The number of nitro benzene ring substituents is 1. The molecule has 0 fully saturated rings. The summed E-state index contributed by atoms with van der Waals surface area (Å²) in [7, 11) is 0. The zero-order valence-corrected chi connectivity index (χ0v) is 17.1. The highest BCUT2D eigenvalue weighted by Gasteiger charge is 2.16. The standard InChI is InChI=1S/C23H32N2O3/c1-3-5-15-24(16-6-4-2)17-14-20-12-13-23(22(18-20)25(26)27)28-19-21-10-8-7-9-11-21/h7-13,18H,3-6,14-17,19H2,1-2H3. The van der Waals surface area contributed by atoms with Crippen molar-refractivity contribution in [3.8, 4) is 5.75 Å². The van der Waals surface area contributed by atoms with Crippen molar-refractivity contribution in [3.05, 3.63) is 69.8 Å². The van der Waals surface area contributed by atoms with Crippen LogP contribution in [-0.4, -0.2) is 29.5 Å². The van der Waals surface area contributed by atoms with Crippen LogP contribution < -0.4 is 4.74 Å². The van der Waals surface area contributed by atoms with Crippen molar-refractivity contribution in [1.29, 1.82) is 0 Å². The first-order chi connectivity index (χ1) is 13.6. The van der Waals surface area contributed by atoms with Gasteiger partial charge in [0.2, 0.25) is 0 Å². The summed E-state index contributed by atoms with van der Waals surface area (Å²) in [5.41, 5.74) is 2.02. The second-order valence-corrected chi connectivity index (χ2v) is 7.13. The third kappa shape index (κ3) is 7.31. The number of hydrogen-bond acceptors (Lipinski definition) is 4. The summed E-state index contributed by atoms with van der Waals surface area (Å²) in [6, 6.07) is 15.0. The Hall–Kier alpha value is -2.40. The Bertz CT molecular complexity index is 711. The van der Waals surface area contributed by atoms with E-state index in [4.69, 9.17) is 4.74 Å². The van der Waals surface area contributed by atoms with Crippen LogP contribution in [0.25, 0.3) is 0 Å². The van der Waals surface area contributed by atoms with Crippen molar-refractivity contribution in [2.75, 3.05) is 19.6 Å². The van der Waals surface area contributed by atoms with Gasteiger partial charge in [0.05, 0.1) is 4.92 Å². The van der Waals surface area contributed by atoms with Crippen LogP contribution in [-0.2, 0) is 13.0 Å². The van der Waals surface area contributed by atoms with Gasteiger partial charge in [0, 0.05) is 12.6 Å². The van der Waals surface area contributed by atoms with Crippen molar-refractivity contribution >= 4 is 5.69 Å². The molecule has 0 spiro atoms. The van der Waals surface area contributed by atoms with Gasteiger partial charge in [-0.3, -0.25) is 10.1 Å². The second-order valence-electron chi connectivity index (χ2n) is 7.13. The summed E-state index contributed by atoms with van der Waals surface area (Å²) in [4.78, 5) is 13.6. The van der Waals surface area contributed by atoms with E-state index in [-0.39, 0.29) is 10.6 Å². The lowest BCUT2D eigenvalue weighted by Gasteiger charge is -2.22. The van der Waals surface area contributed by atoms with E-state index in [9.17, 15) is 10.1 Å². The SMILES string of the molecule is CCCCN(CCCC)CCc1ccc(OCc2ccccc2)c([N+](=O)[O-])c1. The topological polar surface area (TPSA) is 55.6 Å². The van der Waals surface area contributed by atoms with Crippen LogP contribution in [0, 0.1) is 10.1 Å². The van der Waals surface area contributed by atoms with E-state index in [1.165, 1.54) is 25.7 Å². The first-order valence-corrected chi connectivity index (χ1v) is 10.3. The van der Waals surface area contributed by atoms with Crippen molar-refractivity contribution in [2.45, 2.75) is 52.6 Å². The van der Waals surface area contributed by atoms with E-state index < -0.39 is 0 Å². The average Bonchev–Trinajstić information content (AvgIpc) is 2.72. The van der Waals surface area contributed by atoms with E-state index in [0.29, 0.717) is 12.4 Å². The van der Waals surface area contributed by atoms with Gasteiger partial charge in [-0.25, -0.2) is 0 Å². The van der Waals surface area contributed by atoms with Gasteiger partial charge in [-0.15, -0.1) is 0 Å². The highest BCUT2D eigenvalue weighted by Crippen LogP contribution is 2.29. The molecule has 0 atom stereocenters. The Labute approximate surface area is 168 Å². The minimum absolute atomic E-state index is 0.0436. The van der Waals surface area contributed by atoms with Crippen molar-refractivity contribution in [1.82, 2.24) is 4.90 Å². The Kier molecular flexibility index (Phi) is 9.49. The molecule has 0 unspecified atom stereocenters. The molecule has 0 bridgehead atoms. The summed E-state index contributed by atoms with van der Waals surface area (Å²) in [5.74, 6) is 0.325. The van der Waals surface area contributed by atoms with Gasteiger partial charge >= 0.3 is 5.69 Å². The lowest BCUT2D eigenvalue weighted by Crippen LogP contribution is -2.28. The van der Waals surface area contributed by atoms with Gasteiger partial charge in [0.15, 0.2) is 5.75 Å². The molecular formula is C23H32N2O3. The quantitative estimate of drug-likeness (QED) is 0.332. The predicted molar refractivity (Wildman–Crippen MR) is 114 cm³/mol. The Morgan fingerprint density at radius 3 is 2.21 bits per heavy atom. The van der Waals surface area contributed by atoms with E-state index in [1.54, 1.807) is 12.1 Å². The average molecular weight is 385 g/mol. The molecule has 0 aliphatic rings.